The molecule has 108 valence electrons. The predicted molar refractivity (Wildman–Crippen MR) is 75.5 cm³/mol. The second-order valence-electron chi connectivity index (χ2n) is 4.96. The molecule has 1 aromatic rings. The Morgan fingerprint density at radius 2 is 2.15 bits per heavy atom. The van der Waals surface area contributed by atoms with Crippen LogP contribution in [0.4, 0.5) is 0 Å². The molecular formula is C15H20N2O3. The molecule has 1 saturated heterocycles. The number of nitrogens with zero attached hydrogens (tertiary/aromatic N) is 1. The lowest BCUT2D eigenvalue weighted by atomic mass is 10.1. The van der Waals surface area contributed by atoms with Gasteiger partial charge in [-0.15, -0.1) is 0 Å². The zero-order valence-electron chi connectivity index (χ0n) is 11.6. The number of para-hydroxylation sites is 1. The van der Waals surface area contributed by atoms with E-state index in [2.05, 4.69) is 5.32 Å². The minimum Gasteiger partial charge on any atom is -0.507 e. The van der Waals surface area contributed by atoms with Crippen molar-refractivity contribution in [3.8, 4) is 5.75 Å². The van der Waals surface area contributed by atoms with Crippen LogP contribution in [0, 0.1) is 0 Å². The maximum absolute atomic E-state index is 12.4. The fourth-order valence-electron chi connectivity index (χ4n) is 2.46. The van der Waals surface area contributed by atoms with E-state index in [1.807, 2.05) is 6.92 Å². The van der Waals surface area contributed by atoms with E-state index in [1.165, 1.54) is 6.07 Å². The van der Waals surface area contributed by atoms with E-state index < -0.39 is 6.04 Å². The van der Waals surface area contributed by atoms with Gasteiger partial charge in [0, 0.05) is 13.1 Å². The number of hydrogen-bond donors (Lipinski definition) is 2. The molecule has 1 aliphatic heterocycles. The molecule has 0 radical (unpaired) electrons. The number of phenolic OH excluding ortho intramolecular Hbond substituents is 1. The molecule has 1 heterocycles. The fourth-order valence-corrected chi connectivity index (χ4v) is 2.46. The minimum absolute atomic E-state index is 0.0443. The second-order valence-corrected chi connectivity index (χ2v) is 4.96. The molecule has 1 aliphatic rings. The normalized spacial score (nSPS) is 18.1. The van der Waals surface area contributed by atoms with Gasteiger partial charge in [-0.2, -0.15) is 0 Å². The molecule has 0 bridgehead atoms. The van der Waals surface area contributed by atoms with Gasteiger partial charge in [0.1, 0.15) is 11.8 Å². The van der Waals surface area contributed by atoms with Crippen molar-refractivity contribution in [2.24, 2.45) is 0 Å². The summed E-state index contributed by atoms with van der Waals surface area (Å²) in [7, 11) is 0. The molecule has 2 N–H and O–H groups in total. The number of benzene rings is 1. The number of carbonyl (C=O) groups is 2. The Bertz CT molecular complexity index is 502. The third-order valence-corrected chi connectivity index (χ3v) is 3.50. The van der Waals surface area contributed by atoms with E-state index in [4.69, 9.17) is 0 Å². The number of carbonyl (C=O) groups excluding carboxylic acids is 2. The first kappa shape index (κ1) is 14.4. The van der Waals surface area contributed by atoms with E-state index in [0.29, 0.717) is 19.5 Å². The first-order chi connectivity index (χ1) is 9.65. The molecule has 1 atom stereocenters. The molecule has 1 unspecified atom stereocenters. The number of likely N-dealkylation sites (tertiary alicyclic amines) is 1. The van der Waals surface area contributed by atoms with Gasteiger partial charge in [0.2, 0.25) is 5.91 Å². The lowest BCUT2D eigenvalue weighted by Crippen LogP contribution is -2.46. The Labute approximate surface area is 118 Å². The van der Waals surface area contributed by atoms with Gasteiger partial charge < -0.3 is 15.3 Å². The van der Waals surface area contributed by atoms with Crippen molar-refractivity contribution < 1.29 is 14.7 Å². The molecule has 5 heteroatoms. The number of rotatable bonds is 4. The summed E-state index contributed by atoms with van der Waals surface area (Å²) in [5, 5.41) is 12.6. The lowest BCUT2D eigenvalue weighted by Gasteiger charge is -2.24. The predicted octanol–water partition coefficient (Wildman–Crippen LogP) is 1.52. The first-order valence-corrected chi connectivity index (χ1v) is 7.01. The number of nitrogens with one attached hydrogen (secondary N) is 1. The Hall–Kier alpha value is -2.04. The largest absolute Gasteiger partial charge is 0.507 e. The molecule has 2 rings (SSSR count). The van der Waals surface area contributed by atoms with Crippen LogP contribution >= 0.6 is 0 Å². The van der Waals surface area contributed by atoms with Gasteiger partial charge in [0.15, 0.2) is 0 Å². The second kappa shape index (κ2) is 6.41. The lowest BCUT2D eigenvalue weighted by molar-refractivity contribution is -0.124. The highest BCUT2D eigenvalue weighted by atomic mass is 16.3. The Morgan fingerprint density at radius 3 is 2.85 bits per heavy atom. The van der Waals surface area contributed by atoms with Crippen LogP contribution in [0.2, 0.25) is 0 Å². The summed E-state index contributed by atoms with van der Waals surface area (Å²) in [6.45, 7) is 3.16. The van der Waals surface area contributed by atoms with E-state index in [1.54, 1.807) is 23.1 Å². The van der Waals surface area contributed by atoms with E-state index in [0.717, 1.165) is 12.8 Å². The van der Waals surface area contributed by atoms with Gasteiger partial charge in [-0.05, 0) is 31.4 Å². The smallest absolute Gasteiger partial charge is 0.258 e. The molecule has 1 fully saturated rings. The van der Waals surface area contributed by atoms with Crippen molar-refractivity contribution in [1.29, 1.82) is 0 Å². The van der Waals surface area contributed by atoms with Crippen LogP contribution in [0.25, 0.3) is 0 Å². The van der Waals surface area contributed by atoms with Crippen LogP contribution in [0.3, 0.4) is 0 Å². The highest BCUT2D eigenvalue weighted by Gasteiger charge is 2.34. The Kier molecular flexibility index (Phi) is 4.61. The first-order valence-electron chi connectivity index (χ1n) is 7.01. The molecule has 1 aromatic carbocycles. The average molecular weight is 276 g/mol. The van der Waals surface area contributed by atoms with Crippen molar-refractivity contribution in [2.75, 3.05) is 13.1 Å². The zero-order chi connectivity index (χ0) is 14.5. The van der Waals surface area contributed by atoms with E-state index in [9.17, 15) is 14.7 Å². The van der Waals surface area contributed by atoms with Crippen LogP contribution in [0.15, 0.2) is 24.3 Å². The topological polar surface area (TPSA) is 69.6 Å². The van der Waals surface area contributed by atoms with Crippen molar-refractivity contribution in [2.45, 2.75) is 32.2 Å². The molecule has 5 nitrogen and oxygen atoms in total. The third kappa shape index (κ3) is 2.92. The summed E-state index contributed by atoms with van der Waals surface area (Å²) in [5.74, 6) is -0.428. The maximum Gasteiger partial charge on any atom is 0.258 e. The highest BCUT2D eigenvalue weighted by Crippen LogP contribution is 2.24. The summed E-state index contributed by atoms with van der Waals surface area (Å²) in [4.78, 5) is 26.1. The fraction of sp³-hybridized carbons (Fsp3) is 0.467. The van der Waals surface area contributed by atoms with Crippen molar-refractivity contribution in [1.82, 2.24) is 10.2 Å². The number of phenols is 1. The summed E-state index contributed by atoms with van der Waals surface area (Å²) in [6.07, 6.45) is 2.35. The summed E-state index contributed by atoms with van der Waals surface area (Å²) in [5.41, 5.74) is 0.252. The molecule has 20 heavy (non-hydrogen) atoms. The van der Waals surface area contributed by atoms with Crippen molar-refractivity contribution >= 4 is 11.8 Å². The zero-order valence-corrected chi connectivity index (χ0v) is 11.6. The molecule has 0 aromatic heterocycles. The van der Waals surface area contributed by atoms with Gasteiger partial charge in [-0.25, -0.2) is 0 Å². The van der Waals surface area contributed by atoms with E-state index in [-0.39, 0.29) is 23.1 Å². The van der Waals surface area contributed by atoms with E-state index >= 15 is 0 Å². The Morgan fingerprint density at radius 1 is 1.40 bits per heavy atom. The molecule has 0 aliphatic carbocycles. The van der Waals surface area contributed by atoms with Crippen molar-refractivity contribution in [3.05, 3.63) is 29.8 Å². The average Bonchev–Trinajstić information content (AvgIpc) is 2.94. The monoisotopic (exact) mass is 276 g/mol. The molecule has 0 saturated carbocycles. The number of amides is 2. The quantitative estimate of drug-likeness (QED) is 0.876. The van der Waals surface area contributed by atoms with Crippen LogP contribution in [0.5, 0.6) is 5.75 Å². The van der Waals surface area contributed by atoms with Crippen LogP contribution in [0.1, 0.15) is 36.5 Å². The number of aromatic hydroxyl groups is 1. The van der Waals surface area contributed by atoms with Crippen LogP contribution in [-0.2, 0) is 4.79 Å². The highest BCUT2D eigenvalue weighted by molar-refractivity contribution is 5.99. The number of hydrogen-bond acceptors (Lipinski definition) is 3. The SMILES string of the molecule is CCCNC(=O)C1CCCN1C(=O)c1ccccc1O. The standard InChI is InChI=1S/C15H20N2O3/c1-2-9-16-14(19)12-7-5-10-17(12)15(20)11-6-3-4-8-13(11)18/h3-4,6,8,12,18H,2,5,7,9-10H2,1H3,(H,16,19). The van der Waals surface area contributed by atoms with Crippen LogP contribution in [-0.4, -0.2) is 41.0 Å². The molecule has 0 spiro atoms. The van der Waals surface area contributed by atoms with Gasteiger partial charge in [0.25, 0.3) is 5.91 Å². The maximum atomic E-state index is 12.4. The Balaban J connectivity index is 2.13. The van der Waals surface area contributed by atoms with Gasteiger partial charge in [-0.3, -0.25) is 9.59 Å². The van der Waals surface area contributed by atoms with Gasteiger partial charge in [-0.1, -0.05) is 19.1 Å². The molecular weight excluding hydrogens is 256 g/mol. The molecule has 2 amide bonds. The van der Waals surface area contributed by atoms with Crippen LogP contribution < -0.4 is 5.32 Å². The van der Waals surface area contributed by atoms with Crippen molar-refractivity contribution in [3.63, 3.8) is 0 Å². The summed E-state index contributed by atoms with van der Waals surface area (Å²) >= 11 is 0. The van der Waals surface area contributed by atoms with Gasteiger partial charge >= 0.3 is 0 Å². The third-order valence-electron chi connectivity index (χ3n) is 3.50. The van der Waals surface area contributed by atoms with Gasteiger partial charge in [0.05, 0.1) is 5.56 Å². The minimum atomic E-state index is -0.423. The summed E-state index contributed by atoms with van der Waals surface area (Å²) in [6, 6.07) is 6.01. The summed E-state index contributed by atoms with van der Waals surface area (Å²) < 4.78 is 0.